The zero-order valence-electron chi connectivity index (χ0n) is 19.4. The van der Waals surface area contributed by atoms with Gasteiger partial charge in [0.2, 0.25) is 5.91 Å². The molecule has 0 spiro atoms. The Morgan fingerprint density at radius 3 is 2.29 bits per heavy atom. The number of nitrogens with one attached hydrogen (secondary N) is 1. The number of nitrogens with zero attached hydrogens (tertiary/aromatic N) is 2. The molecule has 2 aliphatic rings. The van der Waals surface area contributed by atoms with Gasteiger partial charge in [-0.2, -0.15) is 0 Å². The first-order valence-corrected chi connectivity index (χ1v) is 11.2. The van der Waals surface area contributed by atoms with Gasteiger partial charge in [-0.15, -0.1) is 0 Å². The van der Waals surface area contributed by atoms with Gasteiger partial charge < -0.3 is 30.3 Å². The van der Waals surface area contributed by atoms with Crippen LogP contribution >= 0.6 is 0 Å². The van der Waals surface area contributed by atoms with Crippen LogP contribution in [0.25, 0.3) is 16.5 Å². The summed E-state index contributed by atoms with van der Waals surface area (Å²) in [6.45, 7) is 6.47. The normalized spacial score (nSPS) is 20.9. The average Bonchev–Trinajstić information content (AvgIpc) is 3.23. The Morgan fingerprint density at radius 1 is 1.12 bits per heavy atom. The molecule has 184 valence electrons. The average molecular weight is 474 g/mol. The minimum Gasteiger partial charge on any atom is -0.479 e. The highest BCUT2D eigenvalue weighted by molar-refractivity contribution is 5.99. The standard InChI is InChI=1S/C20H25N3O.C4H6O6/c1-4-23(5-2)20(24)14-9-16-15-7-6-8-17-19(15)13(11-21-17)10-18(16)22(3)12-14;5-1(3(7)8)2(6)4(9)10/h6-9,11,14,18,21H,4-5,10,12H2,1-3H3;1-2,5-6H,(H,7,8)(H,9,10). The van der Waals surface area contributed by atoms with Crippen molar-refractivity contribution in [2.45, 2.75) is 38.5 Å². The van der Waals surface area contributed by atoms with Crippen molar-refractivity contribution in [3.05, 3.63) is 41.6 Å². The number of fused-ring (bicyclic) bond motifs is 2. The van der Waals surface area contributed by atoms with Crippen LogP contribution in [0.5, 0.6) is 0 Å². The van der Waals surface area contributed by atoms with Crippen molar-refractivity contribution >= 4 is 34.3 Å². The van der Waals surface area contributed by atoms with E-state index >= 15 is 0 Å². The number of hydrogen-bond acceptors (Lipinski definition) is 6. The number of H-pyrrole nitrogens is 1. The lowest BCUT2D eigenvalue weighted by Crippen LogP contribution is -2.47. The van der Waals surface area contributed by atoms with Crippen molar-refractivity contribution in [1.29, 1.82) is 0 Å². The predicted molar refractivity (Wildman–Crippen MR) is 125 cm³/mol. The number of carbonyl (C=O) groups is 3. The van der Waals surface area contributed by atoms with E-state index in [9.17, 15) is 14.4 Å². The number of carboxylic acid groups (broad SMARTS) is 2. The lowest BCUT2D eigenvalue weighted by Gasteiger charge is -2.40. The monoisotopic (exact) mass is 473 g/mol. The molecular formula is C24H31N3O7. The topological polar surface area (TPSA) is 154 Å². The number of amides is 1. The van der Waals surface area contributed by atoms with E-state index in [1.807, 2.05) is 4.90 Å². The molecule has 0 fully saturated rings. The molecule has 0 saturated heterocycles. The van der Waals surface area contributed by atoms with E-state index < -0.39 is 24.1 Å². The molecule has 2 heterocycles. The molecule has 1 aromatic heterocycles. The molecular weight excluding hydrogens is 442 g/mol. The Labute approximate surface area is 197 Å². The number of benzene rings is 1. The SMILES string of the molecule is CCN(CC)C(=O)C1C=C2c3cccc4[nH]cc(c34)CC2N(C)C1.O=C(O)C(O)C(O)C(=O)O. The molecule has 34 heavy (non-hydrogen) atoms. The summed E-state index contributed by atoms with van der Waals surface area (Å²) in [7, 11) is 2.15. The maximum Gasteiger partial charge on any atom is 0.335 e. The van der Waals surface area contributed by atoms with E-state index in [1.165, 1.54) is 27.6 Å². The number of hydrogen-bond donors (Lipinski definition) is 5. The number of aliphatic carboxylic acids is 2. The van der Waals surface area contributed by atoms with E-state index in [4.69, 9.17) is 20.4 Å². The smallest absolute Gasteiger partial charge is 0.335 e. The number of aliphatic hydroxyl groups excluding tert-OH is 2. The fourth-order valence-corrected chi connectivity index (χ4v) is 4.65. The predicted octanol–water partition coefficient (Wildman–Crippen LogP) is 0.783. The van der Waals surface area contributed by atoms with Crippen LogP contribution < -0.4 is 0 Å². The fraction of sp³-hybridized carbons (Fsp3) is 0.458. The Morgan fingerprint density at radius 2 is 1.74 bits per heavy atom. The first kappa shape index (κ1) is 25.4. The van der Waals surface area contributed by atoms with Gasteiger partial charge in [0.25, 0.3) is 0 Å². The molecule has 4 unspecified atom stereocenters. The summed E-state index contributed by atoms with van der Waals surface area (Å²) in [5.74, 6) is -3.33. The van der Waals surface area contributed by atoms with Gasteiger partial charge in [0.1, 0.15) is 0 Å². The van der Waals surface area contributed by atoms with Crippen LogP contribution in [0.3, 0.4) is 0 Å². The number of aromatic amines is 1. The Kier molecular flexibility index (Phi) is 7.75. The Bertz CT molecular complexity index is 1090. The number of aromatic nitrogens is 1. The van der Waals surface area contributed by atoms with Crippen LogP contribution in [-0.2, 0) is 20.8 Å². The van der Waals surface area contributed by atoms with Gasteiger partial charge in [-0.1, -0.05) is 18.2 Å². The van der Waals surface area contributed by atoms with Crippen molar-refractivity contribution in [2.24, 2.45) is 5.92 Å². The first-order valence-electron chi connectivity index (χ1n) is 11.2. The van der Waals surface area contributed by atoms with Gasteiger partial charge in [-0.3, -0.25) is 9.69 Å². The summed E-state index contributed by atoms with van der Waals surface area (Å²) < 4.78 is 0. The summed E-state index contributed by atoms with van der Waals surface area (Å²) in [5.41, 5.74) is 5.21. The van der Waals surface area contributed by atoms with Crippen molar-refractivity contribution < 1.29 is 34.8 Å². The highest BCUT2D eigenvalue weighted by Gasteiger charge is 2.36. The molecule has 0 bridgehead atoms. The molecule has 0 radical (unpaired) electrons. The number of carbonyl (C=O) groups excluding carboxylic acids is 1. The Balaban J connectivity index is 0.000000277. The highest BCUT2D eigenvalue weighted by Crippen LogP contribution is 2.40. The zero-order valence-corrected chi connectivity index (χ0v) is 19.4. The molecule has 4 rings (SSSR count). The van der Waals surface area contributed by atoms with Crippen LogP contribution in [-0.4, -0.2) is 98.0 Å². The van der Waals surface area contributed by atoms with Gasteiger partial charge in [0, 0.05) is 42.8 Å². The minimum atomic E-state index is -2.27. The zero-order chi connectivity index (χ0) is 25.2. The van der Waals surface area contributed by atoms with Gasteiger partial charge in [0.15, 0.2) is 12.2 Å². The van der Waals surface area contributed by atoms with E-state index in [2.05, 4.69) is 61.3 Å². The van der Waals surface area contributed by atoms with E-state index in [0.29, 0.717) is 6.04 Å². The van der Waals surface area contributed by atoms with E-state index in [1.54, 1.807) is 0 Å². The summed E-state index contributed by atoms with van der Waals surface area (Å²) >= 11 is 0. The maximum absolute atomic E-state index is 12.9. The van der Waals surface area contributed by atoms with Crippen molar-refractivity contribution in [3.8, 4) is 0 Å². The molecule has 1 aromatic carbocycles. The Hall–Kier alpha value is -3.21. The van der Waals surface area contributed by atoms with Crippen LogP contribution in [0, 0.1) is 5.92 Å². The van der Waals surface area contributed by atoms with Crippen molar-refractivity contribution in [3.63, 3.8) is 0 Å². The number of rotatable bonds is 6. The lowest BCUT2D eigenvalue weighted by molar-refractivity contribution is -0.165. The van der Waals surface area contributed by atoms with Gasteiger partial charge in [-0.05, 0) is 50.1 Å². The number of aliphatic hydroxyl groups is 2. The first-order chi connectivity index (χ1) is 16.1. The van der Waals surface area contributed by atoms with Gasteiger partial charge >= 0.3 is 11.9 Å². The summed E-state index contributed by atoms with van der Waals surface area (Å²) in [6, 6.07) is 6.82. The molecule has 5 N–H and O–H groups in total. The van der Waals surface area contributed by atoms with E-state index in [-0.39, 0.29) is 11.8 Å². The molecule has 10 nitrogen and oxygen atoms in total. The van der Waals surface area contributed by atoms with Gasteiger partial charge in [-0.25, -0.2) is 9.59 Å². The number of carboxylic acids is 2. The highest BCUT2D eigenvalue weighted by atomic mass is 16.4. The molecule has 1 amide bonds. The summed E-state index contributed by atoms with van der Waals surface area (Å²) in [4.78, 5) is 40.1. The van der Waals surface area contributed by atoms with Crippen molar-refractivity contribution in [1.82, 2.24) is 14.8 Å². The van der Waals surface area contributed by atoms with Crippen molar-refractivity contribution in [2.75, 3.05) is 26.7 Å². The molecule has 10 heteroatoms. The third kappa shape index (κ3) is 4.84. The molecule has 2 aromatic rings. The molecule has 1 aliphatic carbocycles. The molecule has 1 aliphatic heterocycles. The van der Waals surface area contributed by atoms with E-state index in [0.717, 1.165) is 26.1 Å². The van der Waals surface area contributed by atoms with Crippen LogP contribution in [0.15, 0.2) is 30.5 Å². The second-order valence-corrected chi connectivity index (χ2v) is 8.51. The largest absolute Gasteiger partial charge is 0.479 e. The van der Waals surface area contributed by atoms with Crippen LogP contribution in [0.2, 0.25) is 0 Å². The third-order valence-electron chi connectivity index (χ3n) is 6.47. The summed E-state index contributed by atoms with van der Waals surface area (Å²) in [5, 5.41) is 33.9. The lowest BCUT2D eigenvalue weighted by atomic mass is 9.79. The van der Waals surface area contributed by atoms with Crippen LogP contribution in [0.4, 0.5) is 0 Å². The minimum absolute atomic E-state index is 0.0445. The quantitative estimate of drug-likeness (QED) is 0.412. The van der Waals surface area contributed by atoms with Crippen LogP contribution in [0.1, 0.15) is 25.0 Å². The summed E-state index contributed by atoms with van der Waals surface area (Å²) in [6.07, 6.45) is 0.878. The molecule has 0 saturated carbocycles. The maximum atomic E-state index is 12.9. The molecule has 4 atom stereocenters. The second-order valence-electron chi connectivity index (χ2n) is 8.51. The fourth-order valence-electron chi connectivity index (χ4n) is 4.65. The second kappa shape index (κ2) is 10.4. The van der Waals surface area contributed by atoms with Gasteiger partial charge in [0.05, 0.1) is 5.92 Å². The third-order valence-corrected chi connectivity index (χ3v) is 6.47. The number of likely N-dealkylation sites (N-methyl/N-ethyl adjacent to an activating group) is 1.